The van der Waals surface area contributed by atoms with E-state index in [9.17, 15) is 26.0 Å². The number of anilines is 1. The lowest BCUT2D eigenvalue weighted by Gasteiger charge is -2.37. The molecule has 0 amide bonds. The molecule has 0 aliphatic carbocycles. The maximum Gasteiger partial charge on any atom is 0.501 e. The maximum absolute atomic E-state index is 13.5. The molecule has 1 aromatic carbocycles. The number of likely N-dealkylation sites (N-methyl/N-ethyl adjacent to an activating group) is 1. The summed E-state index contributed by atoms with van der Waals surface area (Å²) in [6.45, 7) is 7.59. The van der Waals surface area contributed by atoms with E-state index in [0.29, 0.717) is 19.2 Å². The average Bonchev–Trinajstić information content (AvgIpc) is 3.10. The number of rotatable bonds is 4. The quantitative estimate of drug-likeness (QED) is 0.715. The number of hydrogen-bond acceptors (Lipinski definition) is 5. The van der Waals surface area contributed by atoms with Gasteiger partial charge in [-0.25, -0.2) is 12.8 Å². The van der Waals surface area contributed by atoms with Crippen LogP contribution < -0.4 is 4.90 Å². The van der Waals surface area contributed by atoms with Crippen molar-refractivity contribution in [2.24, 2.45) is 0 Å². The highest BCUT2D eigenvalue weighted by Gasteiger charge is 2.49. The van der Waals surface area contributed by atoms with Gasteiger partial charge in [0.15, 0.2) is 0 Å². The van der Waals surface area contributed by atoms with Gasteiger partial charge in [-0.3, -0.25) is 4.90 Å². The van der Waals surface area contributed by atoms with Crippen LogP contribution in [0.4, 0.5) is 23.2 Å². The van der Waals surface area contributed by atoms with Crippen LogP contribution in [0.2, 0.25) is 0 Å². The van der Waals surface area contributed by atoms with Crippen molar-refractivity contribution < 1.29 is 26.0 Å². The van der Waals surface area contributed by atoms with E-state index in [1.807, 2.05) is 0 Å². The average molecular weight is 409 g/mol. The van der Waals surface area contributed by atoms with Crippen molar-refractivity contribution in [2.75, 3.05) is 50.7 Å². The minimum Gasteiger partial charge on any atom is -0.369 e. The highest BCUT2D eigenvalue weighted by molar-refractivity contribution is 7.92. The monoisotopic (exact) mass is 409 g/mol. The lowest BCUT2D eigenvalue weighted by atomic mass is 10.2. The molecule has 1 aromatic rings. The van der Waals surface area contributed by atoms with Gasteiger partial charge >= 0.3 is 5.51 Å². The first-order chi connectivity index (χ1) is 12.6. The van der Waals surface area contributed by atoms with Gasteiger partial charge in [-0.2, -0.15) is 13.2 Å². The molecule has 2 fully saturated rings. The fourth-order valence-electron chi connectivity index (χ4n) is 3.79. The molecule has 0 aromatic heterocycles. The Morgan fingerprint density at radius 1 is 1.11 bits per heavy atom. The van der Waals surface area contributed by atoms with Crippen LogP contribution in [0.1, 0.15) is 13.3 Å². The van der Waals surface area contributed by atoms with Crippen LogP contribution in [0.3, 0.4) is 0 Å². The van der Waals surface area contributed by atoms with E-state index in [1.54, 1.807) is 4.90 Å². The molecule has 10 heteroatoms. The van der Waals surface area contributed by atoms with Crippen molar-refractivity contribution in [1.82, 2.24) is 9.80 Å². The van der Waals surface area contributed by atoms with Gasteiger partial charge in [0, 0.05) is 45.3 Å². The molecule has 2 saturated heterocycles. The standard InChI is InChI=1S/C17H23F4N3O2S/c1-2-22-7-9-23(10-8-22)14-5-6-24(12-14)15-4-3-13(18)11-16(15)27(25,26)17(19,20)21/h3-4,11,14H,2,5-10,12H2,1H3. The second kappa shape index (κ2) is 7.56. The van der Waals surface area contributed by atoms with Crippen LogP contribution >= 0.6 is 0 Å². The highest BCUT2D eigenvalue weighted by atomic mass is 32.2. The lowest BCUT2D eigenvalue weighted by molar-refractivity contribution is -0.0435. The number of piperazine rings is 1. The fraction of sp³-hybridized carbons (Fsp3) is 0.647. The Bertz CT molecular complexity index is 777. The van der Waals surface area contributed by atoms with Gasteiger partial charge < -0.3 is 9.80 Å². The van der Waals surface area contributed by atoms with Gasteiger partial charge in [-0.05, 0) is 31.2 Å². The third-order valence-electron chi connectivity index (χ3n) is 5.39. The Kier molecular flexibility index (Phi) is 5.69. The molecule has 5 nitrogen and oxygen atoms in total. The SMILES string of the molecule is CCN1CCN(C2CCN(c3ccc(F)cc3S(=O)(=O)C(F)(F)F)C2)CC1. The molecule has 0 radical (unpaired) electrons. The summed E-state index contributed by atoms with van der Waals surface area (Å²) in [7, 11) is -5.62. The summed E-state index contributed by atoms with van der Waals surface area (Å²) in [5.41, 5.74) is -5.55. The first-order valence-corrected chi connectivity index (χ1v) is 10.4. The first kappa shape index (κ1) is 20.3. The number of benzene rings is 1. The third-order valence-corrected chi connectivity index (χ3v) is 6.91. The van der Waals surface area contributed by atoms with Gasteiger partial charge in [-0.1, -0.05) is 6.92 Å². The Morgan fingerprint density at radius 2 is 1.78 bits per heavy atom. The van der Waals surface area contributed by atoms with Crippen LogP contribution in [0.5, 0.6) is 0 Å². The van der Waals surface area contributed by atoms with E-state index in [1.165, 1.54) is 0 Å². The summed E-state index contributed by atoms with van der Waals surface area (Å²) < 4.78 is 76.4. The van der Waals surface area contributed by atoms with Crippen molar-refractivity contribution in [3.63, 3.8) is 0 Å². The molecule has 3 rings (SSSR count). The van der Waals surface area contributed by atoms with Crippen molar-refractivity contribution >= 4 is 15.5 Å². The van der Waals surface area contributed by atoms with E-state index in [0.717, 1.165) is 51.3 Å². The largest absolute Gasteiger partial charge is 0.501 e. The molecule has 0 spiro atoms. The number of alkyl halides is 3. The van der Waals surface area contributed by atoms with Crippen LogP contribution in [-0.4, -0.2) is 75.6 Å². The van der Waals surface area contributed by atoms with Crippen molar-refractivity contribution in [2.45, 2.75) is 29.8 Å². The summed E-state index contributed by atoms with van der Waals surface area (Å²) in [4.78, 5) is 5.24. The normalized spacial score (nSPS) is 23.1. The molecular weight excluding hydrogens is 386 g/mol. The molecule has 0 N–H and O–H groups in total. The molecule has 0 bridgehead atoms. The molecule has 1 atom stereocenters. The molecule has 0 saturated carbocycles. The van der Waals surface area contributed by atoms with Gasteiger partial charge in [0.2, 0.25) is 0 Å². The zero-order chi connectivity index (χ0) is 19.8. The zero-order valence-corrected chi connectivity index (χ0v) is 15.9. The van der Waals surface area contributed by atoms with E-state index < -0.39 is 26.1 Å². The number of nitrogens with zero attached hydrogens (tertiary/aromatic N) is 3. The van der Waals surface area contributed by atoms with Crippen LogP contribution in [0.25, 0.3) is 0 Å². The van der Waals surface area contributed by atoms with Crippen LogP contribution in [-0.2, 0) is 9.84 Å². The van der Waals surface area contributed by atoms with Gasteiger partial charge in [0.25, 0.3) is 9.84 Å². The minimum absolute atomic E-state index is 0.0802. The Morgan fingerprint density at radius 3 is 2.37 bits per heavy atom. The topological polar surface area (TPSA) is 43.9 Å². The summed E-state index contributed by atoms with van der Waals surface area (Å²) in [6, 6.07) is 2.74. The molecular formula is C17H23F4N3O2S. The number of sulfone groups is 1. The third kappa shape index (κ3) is 4.07. The molecule has 2 aliphatic rings. The van der Waals surface area contributed by atoms with Gasteiger partial charge in [-0.15, -0.1) is 0 Å². The van der Waals surface area contributed by atoms with Crippen LogP contribution in [0.15, 0.2) is 23.1 Å². The van der Waals surface area contributed by atoms with Gasteiger partial charge in [0.05, 0.1) is 5.69 Å². The molecule has 2 heterocycles. The van der Waals surface area contributed by atoms with Crippen molar-refractivity contribution in [3.8, 4) is 0 Å². The molecule has 2 aliphatic heterocycles. The minimum atomic E-state index is -5.62. The van der Waals surface area contributed by atoms with E-state index in [-0.39, 0.29) is 11.7 Å². The molecule has 152 valence electrons. The fourth-order valence-corrected chi connectivity index (χ4v) is 4.78. The Hall–Kier alpha value is -1.39. The van der Waals surface area contributed by atoms with Crippen molar-refractivity contribution in [3.05, 3.63) is 24.0 Å². The Labute approximate surface area is 156 Å². The summed E-state index contributed by atoms with van der Waals surface area (Å²) in [5.74, 6) is -1.01. The van der Waals surface area contributed by atoms with E-state index in [4.69, 9.17) is 0 Å². The highest BCUT2D eigenvalue weighted by Crippen LogP contribution is 2.37. The second-order valence-electron chi connectivity index (χ2n) is 6.92. The lowest BCUT2D eigenvalue weighted by Crippen LogP contribution is -2.50. The Balaban J connectivity index is 1.80. The van der Waals surface area contributed by atoms with Crippen LogP contribution in [0, 0.1) is 5.82 Å². The number of hydrogen-bond donors (Lipinski definition) is 0. The smallest absolute Gasteiger partial charge is 0.369 e. The van der Waals surface area contributed by atoms with Crippen molar-refractivity contribution in [1.29, 1.82) is 0 Å². The molecule has 27 heavy (non-hydrogen) atoms. The molecule has 1 unspecified atom stereocenters. The summed E-state index contributed by atoms with van der Waals surface area (Å²) in [5, 5.41) is 0. The second-order valence-corrected chi connectivity index (χ2v) is 8.83. The predicted octanol–water partition coefficient (Wildman–Crippen LogP) is 2.34. The predicted molar refractivity (Wildman–Crippen MR) is 93.9 cm³/mol. The summed E-state index contributed by atoms with van der Waals surface area (Å²) in [6.07, 6.45) is 0.731. The maximum atomic E-state index is 13.5. The van der Waals surface area contributed by atoms with Gasteiger partial charge in [0.1, 0.15) is 10.7 Å². The van der Waals surface area contributed by atoms with E-state index in [2.05, 4.69) is 16.7 Å². The zero-order valence-electron chi connectivity index (χ0n) is 15.0. The summed E-state index contributed by atoms with van der Waals surface area (Å²) >= 11 is 0. The first-order valence-electron chi connectivity index (χ1n) is 8.95. The van der Waals surface area contributed by atoms with E-state index >= 15 is 0 Å². The number of halogens is 4.